The smallest absolute Gasteiger partial charge is 0.227 e. The van der Waals surface area contributed by atoms with Crippen molar-refractivity contribution in [3.8, 4) is 0 Å². The van der Waals surface area contributed by atoms with Crippen molar-refractivity contribution in [3.05, 3.63) is 35.9 Å². The zero-order chi connectivity index (χ0) is 17.0. The van der Waals surface area contributed by atoms with Gasteiger partial charge in [0.1, 0.15) is 0 Å². The molecule has 0 aliphatic carbocycles. The topological polar surface area (TPSA) is 83.7 Å². The summed E-state index contributed by atoms with van der Waals surface area (Å²) in [6, 6.07) is 8.93. The number of carbonyl (C=O) groups is 1. The third-order valence-corrected chi connectivity index (χ3v) is 6.16. The van der Waals surface area contributed by atoms with E-state index in [1.807, 2.05) is 44.2 Å². The average Bonchev–Trinajstić information content (AvgIpc) is 2.54. The molecule has 0 saturated carbocycles. The van der Waals surface area contributed by atoms with Crippen molar-refractivity contribution in [2.75, 3.05) is 26.2 Å². The molecule has 0 spiro atoms. The molecule has 6 nitrogen and oxygen atoms in total. The van der Waals surface area contributed by atoms with Gasteiger partial charge in [-0.25, -0.2) is 8.42 Å². The number of sulfonamides is 1. The normalized spacial score (nSPS) is 18.5. The average molecular weight is 376 g/mol. The molecule has 1 aliphatic rings. The molecule has 1 heterocycles. The summed E-state index contributed by atoms with van der Waals surface area (Å²) in [5.74, 6) is -0.250. The van der Waals surface area contributed by atoms with Crippen molar-refractivity contribution in [1.82, 2.24) is 9.21 Å². The van der Waals surface area contributed by atoms with Crippen molar-refractivity contribution in [2.24, 2.45) is 11.7 Å². The van der Waals surface area contributed by atoms with E-state index in [1.165, 1.54) is 4.31 Å². The fraction of sp³-hybridized carbons (Fsp3) is 0.562. The van der Waals surface area contributed by atoms with Crippen LogP contribution in [0.4, 0.5) is 0 Å². The van der Waals surface area contributed by atoms with Crippen LogP contribution >= 0.6 is 12.4 Å². The lowest BCUT2D eigenvalue weighted by molar-refractivity contribution is -0.136. The Morgan fingerprint density at radius 2 is 1.67 bits per heavy atom. The molecule has 8 heteroatoms. The largest absolute Gasteiger partial charge is 0.340 e. The lowest BCUT2D eigenvalue weighted by Crippen LogP contribution is -2.53. The van der Waals surface area contributed by atoms with Crippen molar-refractivity contribution in [2.45, 2.75) is 25.6 Å². The molecule has 1 aromatic rings. The number of hydrogen-bond donors (Lipinski definition) is 1. The van der Waals surface area contributed by atoms with E-state index in [-0.39, 0.29) is 36.0 Å². The van der Waals surface area contributed by atoms with Crippen LogP contribution in [0.15, 0.2) is 30.3 Å². The third-order valence-electron chi connectivity index (χ3n) is 4.31. The van der Waals surface area contributed by atoms with Crippen molar-refractivity contribution < 1.29 is 13.2 Å². The van der Waals surface area contributed by atoms with Crippen molar-refractivity contribution >= 4 is 28.3 Å². The Kier molecular flexibility index (Phi) is 7.66. The van der Waals surface area contributed by atoms with Crippen LogP contribution in [0.3, 0.4) is 0 Å². The highest BCUT2D eigenvalue weighted by atomic mass is 35.5. The third kappa shape index (κ3) is 5.17. The van der Waals surface area contributed by atoms with E-state index in [2.05, 4.69) is 0 Å². The Balaban J connectivity index is 0.00000288. The zero-order valence-electron chi connectivity index (χ0n) is 14.1. The molecule has 24 heavy (non-hydrogen) atoms. The van der Waals surface area contributed by atoms with Crippen LogP contribution < -0.4 is 5.73 Å². The molecule has 0 bridgehead atoms. The molecule has 1 aliphatic heterocycles. The molecule has 2 rings (SSSR count). The molecule has 2 unspecified atom stereocenters. The predicted molar refractivity (Wildman–Crippen MR) is 97.3 cm³/mol. The number of piperazine rings is 1. The fourth-order valence-electron chi connectivity index (χ4n) is 2.58. The van der Waals surface area contributed by atoms with Crippen molar-refractivity contribution in [3.63, 3.8) is 0 Å². The minimum absolute atomic E-state index is 0. The molecule has 2 atom stereocenters. The van der Waals surface area contributed by atoms with E-state index in [0.29, 0.717) is 26.2 Å². The Hall–Kier alpha value is -1.15. The van der Waals surface area contributed by atoms with Gasteiger partial charge >= 0.3 is 0 Å². The van der Waals surface area contributed by atoms with Crippen LogP contribution in [-0.4, -0.2) is 55.8 Å². The van der Waals surface area contributed by atoms with E-state index in [4.69, 9.17) is 5.73 Å². The molecule has 1 amide bonds. The van der Waals surface area contributed by atoms with Crippen LogP contribution in [0.25, 0.3) is 0 Å². The number of carbonyl (C=O) groups excluding carboxylic acids is 1. The molecule has 136 valence electrons. The summed E-state index contributed by atoms with van der Waals surface area (Å²) < 4.78 is 26.4. The van der Waals surface area contributed by atoms with Gasteiger partial charge in [-0.1, -0.05) is 37.3 Å². The highest BCUT2D eigenvalue weighted by Crippen LogP contribution is 2.15. The standard InChI is InChI=1S/C16H25N3O3S.ClH/c1-13(14(2)17)16(20)18-8-10-19(11-9-18)23(21,22)12-15-6-4-3-5-7-15;/h3-7,13-14H,8-12,17H2,1-2H3;1H. The summed E-state index contributed by atoms with van der Waals surface area (Å²) in [7, 11) is -3.35. The van der Waals surface area contributed by atoms with Gasteiger partial charge in [0.15, 0.2) is 0 Å². The lowest BCUT2D eigenvalue weighted by Gasteiger charge is -2.35. The molecular weight excluding hydrogens is 350 g/mol. The number of hydrogen-bond acceptors (Lipinski definition) is 4. The van der Waals surface area contributed by atoms with Crippen LogP contribution in [-0.2, 0) is 20.6 Å². The number of rotatable bonds is 5. The van der Waals surface area contributed by atoms with E-state index < -0.39 is 10.0 Å². The highest BCUT2D eigenvalue weighted by molar-refractivity contribution is 7.88. The number of nitrogens with two attached hydrogens (primary N) is 1. The van der Waals surface area contributed by atoms with Crippen LogP contribution in [0.2, 0.25) is 0 Å². The molecule has 0 aromatic heterocycles. The Bertz CT molecular complexity index is 629. The van der Waals surface area contributed by atoms with E-state index in [1.54, 1.807) is 4.90 Å². The first-order chi connectivity index (χ1) is 10.8. The first-order valence-electron chi connectivity index (χ1n) is 7.87. The predicted octanol–water partition coefficient (Wildman–Crippen LogP) is 1.07. The van der Waals surface area contributed by atoms with Crippen LogP contribution in [0.1, 0.15) is 19.4 Å². The minimum atomic E-state index is -3.35. The van der Waals surface area contributed by atoms with Gasteiger partial charge in [-0.15, -0.1) is 12.4 Å². The molecule has 1 fully saturated rings. The summed E-state index contributed by atoms with van der Waals surface area (Å²) in [5.41, 5.74) is 6.55. The van der Waals surface area contributed by atoms with E-state index >= 15 is 0 Å². The number of amides is 1. The molecule has 0 radical (unpaired) electrons. The summed E-state index contributed by atoms with van der Waals surface area (Å²) in [6.45, 7) is 5.14. The Morgan fingerprint density at radius 1 is 1.12 bits per heavy atom. The quantitative estimate of drug-likeness (QED) is 0.834. The number of halogens is 1. The van der Waals surface area contributed by atoms with Gasteiger partial charge < -0.3 is 10.6 Å². The van der Waals surface area contributed by atoms with Gasteiger partial charge in [-0.2, -0.15) is 4.31 Å². The van der Waals surface area contributed by atoms with Crippen LogP contribution in [0.5, 0.6) is 0 Å². The highest BCUT2D eigenvalue weighted by Gasteiger charge is 2.31. The second kappa shape index (κ2) is 8.80. The minimum Gasteiger partial charge on any atom is -0.340 e. The second-order valence-electron chi connectivity index (χ2n) is 6.11. The van der Waals surface area contributed by atoms with Gasteiger partial charge in [0, 0.05) is 32.2 Å². The second-order valence-corrected chi connectivity index (χ2v) is 8.08. The lowest BCUT2D eigenvalue weighted by atomic mass is 10.0. The molecule has 1 aromatic carbocycles. The summed E-state index contributed by atoms with van der Waals surface area (Å²) >= 11 is 0. The van der Waals surface area contributed by atoms with E-state index in [9.17, 15) is 13.2 Å². The SMILES string of the molecule is CC(N)C(C)C(=O)N1CCN(S(=O)(=O)Cc2ccccc2)CC1.Cl. The van der Waals surface area contributed by atoms with E-state index in [0.717, 1.165) is 5.56 Å². The summed E-state index contributed by atoms with van der Waals surface area (Å²) in [4.78, 5) is 14.0. The fourth-order valence-corrected chi connectivity index (χ4v) is 4.09. The summed E-state index contributed by atoms with van der Waals surface area (Å²) in [6.07, 6.45) is 0. The Labute approximate surface area is 150 Å². The van der Waals surface area contributed by atoms with Gasteiger partial charge in [0.25, 0.3) is 0 Å². The maximum Gasteiger partial charge on any atom is 0.227 e. The first kappa shape index (κ1) is 20.9. The number of nitrogens with zero attached hydrogens (tertiary/aromatic N) is 2. The Morgan fingerprint density at radius 3 is 2.17 bits per heavy atom. The van der Waals surface area contributed by atoms with Gasteiger partial charge in [0.2, 0.25) is 15.9 Å². The van der Waals surface area contributed by atoms with Gasteiger partial charge in [-0.3, -0.25) is 4.79 Å². The summed E-state index contributed by atoms with van der Waals surface area (Å²) in [5, 5.41) is 0. The first-order valence-corrected chi connectivity index (χ1v) is 9.48. The van der Waals surface area contributed by atoms with Gasteiger partial charge in [-0.05, 0) is 12.5 Å². The monoisotopic (exact) mass is 375 g/mol. The van der Waals surface area contributed by atoms with Gasteiger partial charge in [0.05, 0.1) is 11.7 Å². The maximum atomic E-state index is 12.5. The molecule has 1 saturated heterocycles. The number of benzene rings is 1. The van der Waals surface area contributed by atoms with Crippen molar-refractivity contribution in [1.29, 1.82) is 0 Å². The molecular formula is C16H26ClN3O3S. The molecule has 2 N–H and O–H groups in total. The zero-order valence-corrected chi connectivity index (χ0v) is 15.7. The van der Waals surface area contributed by atoms with Crippen LogP contribution in [0, 0.1) is 5.92 Å². The maximum absolute atomic E-state index is 12.5.